The van der Waals surface area contributed by atoms with Gasteiger partial charge in [-0.05, 0) is 6.08 Å². The summed E-state index contributed by atoms with van der Waals surface area (Å²) < 4.78 is 0. The van der Waals surface area contributed by atoms with Crippen molar-refractivity contribution in [3.63, 3.8) is 0 Å². The largest absolute Gasteiger partial charge is 0.350 e. The molecule has 0 unspecified atom stereocenters. The van der Waals surface area contributed by atoms with E-state index in [0.717, 1.165) is 10.6 Å². The molecule has 0 aromatic rings. The molecular formula is C8H7NOS. The van der Waals surface area contributed by atoms with Crippen molar-refractivity contribution in [1.29, 1.82) is 0 Å². The van der Waals surface area contributed by atoms with Gasteiger partial charge in [-0.2, -0.15) is 0 Å². The Hall–Kier alpha value is -0.700. The summed E-state index contributed by atoms with van der Waals surface area (Å²) in [6.07, 6.45) is 4.42. The minimum atomic E-state index is 0.197. The van der Waals surface area contributed by atoms with Crippen LogP contribution in [-0.2, 0) is 4.79 Å². The highest BCUT2D eigenvalue weighted by Crippen LogP contribution is 2.37. The third kappa shape index (κ3) is 0.997. The van der Waals surface area contributed by atoms with Crippen LogP contribution in [0.5, 0.6) is 0 Å². The molecule has 0 spiro atoms. The Kier molecular flexibility index (Phi) is 1.53. The summed E-state index contributed by atoms with van der Waals surface area (Å²) in [5, 5.41) is 0. The standard InChI is InChI=1S/C8H7NOS/c1-9-5-11-7-4-2-3-6(10)8(7)9/h2,4H,3H2,1H3. The summed E-state index contributed by atoms with van der Waals surface area (Å²) in [5.74, 6) is 3.19. The number of carbonyl (C=O) groups is 1. The smallest absolute Gasteiger partial charge is 0.183 e. The molecule has 0 fully saturated rings. The normalized spacial score (nSPS) is 23.0. The molecular weight excluding hydrogens is 158 g/mol. The Labute approximate surface area is 69.9 Å². The van der Waals surface area contributed by atoms with Gasteiger partial charge in [-0.3, -0.25) is 4.79 Å². The lowest BCUT2D eigenvalue weighted by Crippen LogP contribution is -2.18. The van der Waals surface area contributed by atoms with Gasteiger partial charge in [-0.1, -0.05) is 17.8 Å². The lowest BCUT2D eigenvalue weighted by molar-refractivity contribution is -0.116. The monoisotopic (exact) mass is 165 g/mol. The van der Waals surface area contributed by atoms with Gasteiger partial charge in [-0.25, -0.2) is 0 Å². The first-order valence-corrected chi connectivity index (χ1v) is 4.21. The predicted molar refractivity (Wildman–Crippen MR) is 44.4 cm³/mol. The van der Waals surface area contributed by atoms with Gasteiger partial charge < -0.3 is 4.90 Å². The fourth-order valence-electron chi connectivity index (χ4n) is 1.18. The van der Waals surface area contributed by atoms with E-state index in [1.807, 2.05) is 19.2 Å². The number of rotatable bonds is 0. The van der Waals surface area contributed by atoms with E-state index in [2.05, 4.69) is 5.88 Å². The van der Waals surface area contributed by atoms with Crippen molar-refractivity contribution in [2.45, 2.75) is 6.42 Å². The Morgan fingerprint density at radius 1 is 1.73 bits per heavy atom. The second-order valence-electron chi connectivity index (χ2n) is 2.49. The fourth-order valence-corrected chi connectivity index (χ4v) is 2.02. The summed E-state index contributed by atoms with van der Waals surface area (Å²) in [6.45, 7) is 0. The summed E-state index contributed by atoms with van der Waals surface area (Å²) in [6, 6.07) is 0. The van der Waals surface area contributed by atoms with E-state index in [9.17, 15) is 4.79 Å². The van der Waals surface area contributed by atoms with Crippen molar-refractivity contribution >= 4 is 17.5 Å². The van der Waals surface area contributed by atoms with Crippen LogP contribution in [0.2, 0.25) is 0 Å². The van der Waals surface area contributed by atoms with E-state index in [1.165, 1.54) is 11.8 Å². The van der Waals surface area contributed by atoms with E-state index in [4.69, 9.17) is 0 Å². The number of hydrogen-bond acceptors (Lipinski definition) is 3. The highest BCUT2D eigenvalue weighted by molar-refractivity contribution is 8.05. The number of hydrogen-bond donors (Lipinski definition) is 0. The van der Waals surface area contributed by atoms with Crippen molar-refractivity contribution in [3.05, 3.63) is 28.6 Å². The molecule has 1 aliphatic carbocycles. The second-order valence-corrected chi connectivity index (χ2v) is 3.32. The SMILES string of the molecule is CN1[C]SC2=C1C(=O)CC=C2. The maximum absolute atomic E-state index is 11.3. The molecule has 11 heavy (non-hydrogen) atoms. The van der Waals surface area contributed by atoms with Crippen molar-refractivity contribution in [2.75, 3.05) is 7.05 Å². The third-order valence-electron chi connectivity index (χ3n) is 1.70. The van der Waals surface area contributed by atoms with E-state index < -0.39 is 0 Å². The zero-order valence-corrected chi connectivity index (χ0v) is 6.94. The van der Waals surface area contributed by atoms with Gasteiger partial charge in [0.2, 0.25) is 0 Å². The fraction of sp³-hybridized carbons (Fsp3) is 0.250. The molecule has 2 rings (SSSR count). The second kappa shape index (κ2) is 2.41. The van der Waals surface area contributed by atoms with E-state index in [0.29, 0.717) is 6.42 Å². The lowest BCUT2D eigenvalue weighted by Gasteiger charge is -2.13. The molecule has 0 saturated carbocycles. The quantitative estimate of drug-likeness (QED) is 0.541. The first kappa shape index (κ1) is 6.98. The van der Waals surface area contributed by atoms with Gasteiger partial charge in [-0.15, -0.1) is 0 Å². The molecule has 0 aromatic heterocycles. The Morgan fingerprint density at radius 2 is 2.55 bits per heavy atom. The molecule has 0 saturated heterocycles. The number of allylic oxidation sites excluding steroid dienone is 3. The maximum Gasteiger partial charge on any atom is 0.183 e. The Morgan fingerprint density at radius 3 is 3.27 bits per heavy atom. The molecule has 0 aromatic carbocycles. The first-order valence-electron chi connectivity index (χ1n) is 3.39. The van der Waals surface area contributed by atoms with Crippen molar-refractivity contribution < 1.29 is 4.79 Å². The molecule has 0 N–H and O–H groups in total. The van der Waals surface area contributed by atoms with Gasteiger partial charge in [0.25, 0.3) is 0 Å². The highest BCUT2D eigenvalue weighted by atomic mass is 32.2. The van der Waals surface area contributed by atoms with Gasteiger partial charge in [0.05, 0.1) is 5.70 Å². The minimum absolute atomic E-state index is 0.197. The van der Waals surface area contributed by atoms with Crippen LogP contribution in [0.4, 0.5) is 0 Å². The van der Waals surface area contributed by atoms with Crippen LogP contribution in [0.3, 0.4) is 0 Å². The lowest BCUT2D eigenvalue weighted by atomic mass is 10.1. The zero-order chi connectivity index (χ0) is 7.84. The van der Waals surface area contributed by atoms with Crippen molar-refractivity contribution in [1.82, 2.24) is 4.90 Å². The molecule has 2 aliphatic rings. The first-order chi connectivity index (χ1) is 5.29. The minimum Gasteiger partial charge on any atom is -0.350 e. The topological polar surface area (TPSA) is 20.3 Å². The number of Topliss-reactive ketones (excluding diaryl/α,β-unsaturated/α-hetero) is 1. The summed E-state index contributed by atoms with van der Waals surface area (Å²) in [4.78, 5) is 14.1. The van der Waals surface area contributed by atoms with Crippen LogP contribution in [0.1, 0.15) is 6.42 Å². The molecule has 3 heteroatoms. The van der Waals surface area contributed by atoms with Crippen LogP contribution in [0.25, 0.3) is 0 Å². The van der Waals surface area contributed by atoms with Crippen molar-refractivity contribution in [2.24, 2.45) is 0 Å². The predicted octanol–water partition coefficient (Wildman–Crippen LogP) is 1.40. The number of likely N-dealkylation sites (N-methyl/N-ethyl adjacent to an activating group) is 1. The summed E-state index contributed by atoms with van der Waals surface area (Å²) >= 11 is 1.49. The molecule has 56 valence electrons. The summed E-state index contributed by atoms with van der Waals surface area (Å²) in [7, 11) is 1.85. The average molecular weight is 165 g/mol. The van der Waals surface area contributed by atoms with Gasteiger partial charge in [0.1, 0.15) is 0 Å². The molecule has 1 aliphatic heterocycles. The highest BCUT2D eigenvalue weighted by Gasteiger charge is 2.26. The summed E-state index contributed by atoms with van der Waals surface area (Å²) in [5.41, 5.74) is 0.803. The van der Waals surface area contributed by atoms with Gasteiger partial charge in [0, 0.05) is 18.4 Å². The van der Waals surface area contributed by atoms with Crippen LogP contribution in [0, 0.1) is 5.88 Å². The number of carbonyl (C=O) groups excluding carboxylic acids is 1. The zero-order valence-electron chi connectivity index (χ0n) is 6.13. The van der Waals surface area contributed by atoms with E-state index in [-0.39, 0.29) is 5.78 Å². The van der Waals surface area contributed by atoms with E-state index in [1.54, 1.807) is 4.90 Å². The molecule has 0 bridgehead atoms. The van der Waals surface area contributed by atoms with Crippen LogP contribution < -0.4 is 0 Å². The molecule has 2 nitrogen and oxygen atoms in total. The van der Waals surface area contributed by atoms with E-state index >= 15 is 0 Å². The molecule has 0 amide bonds. The number of ketones is 1. The van der Waals surface area contributed by atoms with Gasteiger partial charge in [0.15, 0.2) is 11.7 Å². The molecule has 1 heterocycles. The molecule has 0 atom stereocenters. The molecule has 2 radical (unpaired) electrons. The number of thioether (sulfide) groups is 1. The van der Waals surface area contributed by atoms with Crippen LogP contribution in [-0.4, -0.2) is 17.7 Å². The van der Waals surface area contributed by atoms with Crippen molar-refractivity contribution in [3.8, 4) is 0 Å². The Bertz CT molecular complexity index is 267. The van der Waals surface area contributed by atoms with Crippen LogP contribution in [0.15, 0.2) is 22.8 Å². The average Bonchev–Trinajstić information content (AvgIpc) is 2.34. The van der Waals surface area contributed by atoms with Crippen LogP contribution >= 0.6 is 11.8 Å². The number of nitrogens with zero attached hydrogens (tertiary/aromatic N) is 1. The third-order valence-corrected chi connectivity index (χ3v) is 2.61. The maximum atomic E-state index is 11.3. The Balaban J connectivity index is 2.41. The van der Waals surface area contributed by atoms with Gasteiger partial charge >= 0.3 is 0 Å².